The smallest absolute Gasteiger partial charge is 0.246 e. The van der Waals surface area contributed by atoms with Gasteiger partial charge in [-0.05, 0) is 25.2 Å². The minimum absolute atomic E-state index is 0.00885. The molecular weight excluding hydrogens is 264 g/mol. The second kappa shape index (κ2) is 5.50. The molecule has 0 amide bonds. The Balaban J connectivity index is 2.11. The molecule has 2 rings (SSSR count). The predicted octanol–water partition coefficient (Wildman–Crippen LogP) is 1.25. The lowest BCUT2D eigenvalue weighted by molar-refractivity contribution is 0.484. The van der Waals surface area contributed by atoms with Crippen LogP contribution in [0.1, 0.15) is 39.0 Å². The molecular formula is C12H22N4O2S. The number of nitrogens with two attached hydrogens (primary N) is 1. The van der Waals surface area contributed by atoms with E-state index in [2.05, 4.69) is 16.7 Å². The van der Waals surface area contributed by atoms with Crippen molar-refractivity contribution < 1.29 is 8.42 Å². The minimum Gasteiger partial charge on any atom is -0.381 e. The Labute approximate surface area is 114 Å². The predicted molar refractivity (Wildman–Crippen MR) is 74.0 cm³/mol. The Hall–Kier alpha value is -1.08. The molecule has 0 radical (unpaired) electrons. The summed E-state index contributed by atoms with van der Waals surface area (Å²) < 4.78 is 28.7. The van der Waals surface area contributed by atoms with Gasteiger partial charge in [-0.15, -0.1) is 0 Å². The number of hydrogen-bond donors (Lipinski definition) is 2. The summed E-state index contributed by atoms with van der Waals surface area (Å²) in [7, 11) is -1.91. The summed E-state index contributed by atoms with van der Waals surface area (Å²) in [6, 6.07) is 0.00885. The van der Waals surface area contributed by atoms with Gasteiger partial charge in [0.1, 0.15) is 4.90 Å². The fraction of sp³-hybridized carbons (Fsp3) is 0.750. The first-order chi connectivity index (χ1) is 8.88. The van der Waals surface area contributed by atoms with Crippen molar-refractivity contribution in [1.82, 2.24) is 14.5 Å². The molecule has 19 heavy (non-hydrogen) atoms. The number of rotatable bonds is 3. The summed E-state index contributed by atoms with van der Waals surface area (Å²) in [4.78, 5) is 0.0762. The first kappa shape index (κ1) is 14.3. The Kier molecular flexibility index (Phi) is 4.15. The standard InChI is InChI=1S/C12H22N4O2S/c1-9-4-3-5-10(7-6-9)15-19(17,18)11-8-16(2)14-12(11)13/h8-10,15H,3-7H2,1-2H3,(H2,13,14). The van der Waals surface area contributed by atoms with Crippen LogP contribution >= 0.6 is 0 Å². The van der Waals surface area contributed by atoms with Gasteiger partial charge in [-0.25, -0.2) is 13.1 Å². The largest absolute Gasteiger partial charge is 0.381 e. The lowest BCUT2D eigenvalue weighted by Crippen LogP contribution is -2.34. The molecule has 0 spiro atoms. The van der Waals surface area contributed by atoms with E-state index in [9.17, 15) is 8.42 Å². The molecule has 1 aromatic heterocycles. The average molecular weight is 286 g/mol. The Morgan fingerprint density at radius 1 is 1.37 bits per heavy atom. The molecule has 0 saturated heterocycles. The van der Waals surface area contributed by atoms with Crippen molar-refractivity contribution in [3.05, 3.63) is 6.20 Å². The van der Waals surface area contributed by atoms with E-state index in [4.69, 9.17) is 5.73 Å². The van der Waals surface area contributed by atoms with E-state index < -0.39 is 10.0 Å². The van der Waals surface area contributed by atoms with E-state index in [1.807, 2.05) is 0 Å². The van der Waals surface area contributed by atoms with Gasteiger partial charge >= 0.3 is 0 Å². The highest BCUT2D eigenvalue weighted by molar-refractivity contribution is 7.89. The summed E-state index contributed by atoms with van der Waals surface area (Å²) in [5.74, 6) is 0.731. The van der Waals surface area contributed by atoms with Gasteiger partial charge in [0.2, 0.25) is 10.0 Å². The van der Waals surface area contributed by atoms with Gasteiger partial charge in [0.25, 0.3) is 0 Å². The van der Waals surface area contributed by atoms with Crippen molar-refractivity contribution in [2.24, 2.45) is 13.0 Å². The molecule has 0 bridgehead atoms. The van der Waals surface area contributed by atoms with Crippen LogP contribution in [-0.2, 0) is 17.1 Å². The maximum absolute atomic E-state index is 12.3. The number of nitrogen functional groups attached to an aromatic ring is 1. The van der Waals surface area contributed by atoms with Gasteiger partial charge in [-0.2, -0.15) is 5.10 Å². The van der Waals surface area contributed by atoms with Crippen LogP contribution in [0.2, 0.25) is 0 Å². The molecule has 1 aliphatic carbocycles. The molecule has 1 fully saturated rings. The Bertz CT molecular complexity index is 538. The minimum atomic E-state index is -3.56. The van der Waals surface area contributed by atoms with Crippen LogP contribution in [-0.4, -0.2) is 24.2 Å². The maximum atomic E-state index is 12.3. The molecule has 0 aromatic carbocycles. The zero-order valence-corrected chi connectivity index (χ0v) is 12.3. The van der Waals surface area contributed by atoms with Gasteiger partial charge in [-0.1, -0.05) is 19.8 Å². The third-order valence-electron chi connectivity index (χ3n) is 3.69. The zero-order chi connectivity index (χ0) is 14.0. The molecule has 0 aliphatic heterocycles. The van der Waals surface area contributed by atoms with Crippen molar-refractivity contribution in [2.45, 2.75) is 50.0 Å². The molecule has 108 valence electrons. The lowest BCUT2D eigenvalue weighted by atomic mass is 10.0. The summed E-state index contributed by atoms with van der Waals surface area (Å²) in [5.41, 5.74) is 5.63. The number of nitrogens with zero attached hydrogens (tertiary/aromatic N) is 2. The van der Waals surface area contributed by atoms with Crippen molar-refractivity contribution in [2.75, 3.05) is 5.73 Å². The fourth-order valence-corrected chi connectivity index (χ4v) is 3.99. The van der Waals surface area contributed by atoms with Gasteiger partial charge in [0, 0.05) is 19.3 Å². The first-order valence-electron chi connectivity index (χ1n) is 6.70. The Morgan fingerprint density at radius 2 is 2.11 bits per heavy atom. The lowest BCUT2D eigenvalue weighted by Gasteiger charge is -2.16. The van der Waals surface area contributed by atoms with Crippen molar-refractivity contribution >= 4 is 15.8 Å². The quantitative estimate of drug-likeness (QED) is 0.818. The van der Waals surface area contributed by atoms with Crippen molar-refractivity contribution in [1.29, 1.82) is 0 Å². The molecule has 1 heterocycles. The SMILES string of the molecule is CC1CCCC(NS(=O)(=O)c2cn(C)nc2N)CC1. The van der Waals surface area contributed by atoms with Gasteiger partial charge in [-0.3, -0.25) is 4.68 Å². The highest BCUT2D eigenvalue weighted by Gasteiger charge is 2.25. The Morgan fingerprint density at radius 3 is 2.74 bits per heavy atom. The number of nitrogens with one attached hydrogen (secondary N) is 1. The van der Waals surface area contributed by atoms with Gasteiger partial charge in [0.05, 0.1) is 0 Å². The molecule has 6 nitrogen and oxygen atoms in total. The number of aromatic nitrogens is 2. The second-order valence-corrected chi connectivity index (χ2v) is 7.17. The van der Waals surface area contributed by atoms with Gasteiger partial charge < -0.3 is 5.73 Å². The maximum Gasteiger partial charge on any atom is 0.246 e. The molecule has 1 aromatic rings. The zero-order valence-electron chi connectivity index (χ0n) is 11.5. The number of anilines is 1. The van der Waals surface area contributed by atoms with Crippen LogP contribution in [0.15, 0.2) is 11.1 Å². The first-order valence-corrected chi connectivity index (χ1v) is 8.18. The average Bonchev–Trinajstić information content (AvgIpc) is 2.52. The van der Waals surface area contributed by atoms with Crippen LogP contribution in [0.3, 0.4) is 0 Å². The third kappa shape index (κ3) is 3.48. The highest BCUT2D eigenvalue weighted by atomic mass is 32.2. The molecule has 2 unspecified atom stereocenters. The summed E-state index contributed by atoms with van der Waals surface area (Å²) in [5, 5.41) is 3.88. The fourth-order valence-electron chi connectivity index (χ4n) is 2.58. The van der Waals surface area contributed by atoms with E-state index in [-0.39, 0.29) is 16.8 Å². The summed E-state index contributed by atoms with van der Waals surface area (Å²) >= 11 is 0. The summed E-state index contributed by atoms with van der Waals surface area (Å²) in [6.07, 6.45) is 6.53. The van der Waals surface area contributed by atoms with Crippen molar-refractivity contribution in [3.8, 4) is 0 Å². The van der Waals surface area contributed by atoms with Crippen LogP contribution in [0.5, 0.6) is 0 Å². The molecule has 1 aliphatic rings. The van der Waals surface area contributed by atoms with E-state index in [1.54, 1.807) is 7.05 Å². The van der Waals surface area contributed by atoms with Gasteiger partial charge in [0.15, 0.2) is 5.82 Å². The third-order valence-corrected chi connectivity index (χ3v) is 5.23. The number of aryl methyl sites for hydroxylation is 1. The molecule has 2 atom stereocenters. The van der Waals surface area contributed by atoms with E-state index in [1.165, 1.54) is 17.3 Å². The topological polar surface area (TPSA) is 90.0 Å². The second-order valence-electron chi connectivity index (χ2n) is 5.48. The van der Waals surface area contributed by atoms with E-state index >= 15 is 0 Å². The van der Waals surface area contributed by atoms with Crippen molar-refractivity contribution in [3.63, 3.8) is 0 Å². The van der Waals surface area contributed by atoms with Crippen LogP contribution in [0, 0.1) is 5.92 Å². The monoisotopic (exact) mass is 286 g/mol. The molecule has 7 heteroatoms. The van der Waals surface area contributed by atoms with E-state index in [0.29, 0.717) is 5.92 Å². The number of hydrogen-bond acceptors (Lipinski definition) is 4. The van der Waals surface area contributed by atoms with Crippen LogP contribution in [0.4, 0.5) is 5.82 Å². The van der Waals surface area contributed by atoms with E-state index in [0.717, 1.165) is 25.7 Å². The van der Waals surface area contributed by atoms with Crippen LogP contribution in [0.25, 0.3) is 0 Å². The molecule has 3 N–H and O–H groups in total. The molecule has 1 saturated carbocycles. The normalized spacial score (nSPS) is 25.2. The highest BCUT2D eigenvalue weighted by Crippen LogP contribution is 2.24. The summed E-state index contributed by atoms with van der Waals surface area (Å²) in [6.45, 7) is 2.22. The number of sulfonamides is 1. The van der Waals surface area contributed by atoms with Crippen LogP contribution < -0.4 is 10.5 Å².